The SMILES string of the molecule is C[C@@H]1CC[C@@H](n2ncc(C(O)C(F)(F)F)n2)CN1C(=O)c1ccccc1-n1nccn1. The van der Waals surface area contributed by atoms with Crippen LogP contribution >= 0.6 is 0 Å². The van der Waals surface area contributed by atoms with Gasteiger partial charge in [-0.1, -0.05) is 12.1 Å². The lowest BCUT2D eigenvalue weighted by molar-refractivity contribution is -0.208. The molecule has 2 aromatic heterocycles. The molecular formula is C19H20F3N7O2. The number of benzene rings is 1. The minimum absolute atomic E-state index is 0.0850. The van der Waals surface area contributed by atoms with Gasteiger partial charge in [-0.15, -0.1) is 0 Å². The summed E-state index contributed by atoms with van der Waals surface area (Å²) in [6.45, 7) is 2.13. The van der Waals surface area contributed by atoms with Crippen molar-refractivity contribution in [2.45, 2.75) is 44.1 Å². The van der Waals surface area contributed by atoms with Gasteiger partial charge >= 0.3 is 6.18 Å². The molecule has 3 atom stereocenters. The average Bonchev–Trinajstić information content (AvgIpc) is 3.45. The number of hydrogen-bond acceptors (Lipinski definition) is 6. The van der Waals surface area contributed by atoms with E-state index in [0.717, 1.165) is 11.0 Å². The Balaban J connectivity index is 1.57. The smallest absolute Gasteiger partial charge is 0.378 e. The molecule has 31 heavy (non-hydrogen) atoms. The van der Waals surface area contributed by atoms with Crippen LogP contribution in [0.15, 0.2) is 42.9 Å². The Morgan fingerprint density at radius 1 is 1.16 bits per heavy atom. The number of amides is 1. The summed E-state index contributed by atoms with van der Waals surface area (Å²) in [5.41, 5.74) is 0.367. The number of rotatable bonds is 4. The minimum atomic E-state index is -4.83. The second-order valence-corrected chi connectivity index (χ2v) is 7.41. The normalized spacial score (nSPS) is 20.6. The molecule has 3 aromatic rings. The van der Waals surface area contributed by atoms with Gasteiger partial charge in [-0.05, 0) is 31.9 Å². The van der Waals surface area contributed by atoms with E-state index in [1.165, 1.54) is 17.2 Å². The number of para-hydroxylation sites is 1. The van der Waals surface area contributed by atoms with E-state index in [1.54, 1.807) is 29.2 Å². The lowest BCUT2D eigenvalue weighted by atomic mass is 9.98. The van der Waals surface area contributed by atoms with Gasteiger partial charge in [-0.2, -0.15) is 43.2 Å². The maximum atomic E-state index is 13.4. The predicted octanol–water partition coefficient (Wildman–Crippen LogP) is 2.32. The number of carbonyl (C=O) groups excluding carboxylic acids is 1. The zero-order chi connectivity index (χ0) is 22.2. The van der Waals surface area contributed by atoms with E-state index < -0.39 is 24.0 Å². The Labute approximate surface area is 175 Å². The zero-order valence-electron chi connectivity index (χ0n) is 16.5. The van der Waals surface area contributed by atoms with Crippen LogP contribution in [0.5, 0.6) is 0 Å². The summed E-state index contributed by atoms with van der Waals surface area (Å²) >= 11 is 0. The number of piperidine rings is 1. The number of carbonyl (C=O) groups is 1. The highest BCUT2D eigenvalue weighted by Crippen LogP contribution is 2.32. The fourth-order valence-electron chi connectivity index (χ4n) is 3.64. The molecule has 4 rings (SSSR count). The summed E-state index contributed by atoms with van der Waals surface area (Å²) < 4.78 is 38.3. The van der Waals surface area contributed by atoms with Crippen molar-refractivity contribution in [1.82, 2.24) is 34.9 Å². The lowest BCUT2D eigenvalue weighted by Crippen LogP contribution is -2.46. The molecule has 1 aliphatic rings. The van der Waals surface area contributed by atoms with Crippen molar-refractivity contribution in [3.8, 4) is 5.69 Å². The molecule has 0 bridgehead atoms. The molecule has 0 aliphatic carbocycles. The molecule has 0 spiro atoms. The minimum Gasteiger partial charge on any atom is -0.378 e. The second kappa shape index (κ2) is 8.10. The third-order valence-corrected chi connectivity index (χ3v) is 5.33. The number of alkyl halides is 3. The molecule has 1 N–H and O–H groups in total. The van der Waals surface area contributed by atoms with Crippen molar-refractivity contribution >= 4 is 5.91 Å². The first kappa shape index (κ1) is 21.0. The van der Waals surface area contributed by atoms with Gasteiger partial charge in [0.1, 0.15) is 5.69 Å². The first-order valence-corrected chi connectivity index (χ1v) is 9.69. The Kier molecular flexibility index (Phi) is 5.48. The van der Waals surface area contributed by atoms with E-state index in [9.17, 15) is 23.1 Å². The summed E-state index contributed by atoms with van der Waals surface area (Å²) in [5.74, 6) is -0.243. The molecule has 1 saturated heterocycles. The number of hydrogen-bond donors (Lipinski definition) is 1. The Bertz CT molecular complexity index is 1050. The van der Waals surface area contributed by atoms with Gasteiger partial charge in [0.2, 0.25) is 0 Å². The van der Waals surface area contributed by atoms with Crippen LogP contribution in [-0.4, -0.2) is 64.7 Å². The number of halogens is 3. The molecule has 0 radical (unpaired) electrons. The third-order valence-electron chi connectivity index (χ3n) is 5.33. The zero-order valence-corrected chi connectivity index (χ0v) is 16.5. The summed E-state index contributed by atoms with van der Waals surface area (Å²) in [5, 5.41) is 25.3. The summed E-state index contributed by atoms with van der Waals surface area (Å²) in [7, 11) is 0. The lowest BCUT2D eigenvalue weighted by Gasteiger charge is -2.37. The van der Waals surface area contributed by atoms with Crippen LogP contribution in [0.4, 0.5) is 13.2 Å². The van der Waals surface area contributed by atoms with Crippen LogP contribution in [0.2, 0.25) is 0 Å². The van der Waals surface area contributed by atoms with Gasteiger partial charge in [-0.25, -0.2) is 0 Å². The van der Waals surface area contributed by atoms with Crippen LogP contribution < -0.4 is 0 Å². The summed E-state index contributed by atoms with van der Waals surface area (Å²) in [6, 6.07) is 6.44. The first-order valence-electron chi connectivity index (χ1n) is 9.69. The highest BCUT2D eigenvalue weighted by molar-refractivity contribution is 5.98. The average molecular weight is 435 g/mol. The van der Waals surface area contributed by atoms with Gasteiger partial charge in [0, 0.05) is 12.6 Å². The van der Waals surface area contributed by atoms with E-state index in [1.807, 2.05) is 6.92 Å². The van der Waals surface area contributed by atoms with Gasteiger partial charge in [0.15, 0.2) is 6.10 Å². The molecule has 164 valence electrons. The second-order valence-electron chi connectivity index (χ2n) is 7.41. The first-order chi connectivity index (χ1) is 14.8. The number of aromatic nitrogens is 6. The Morgan fingerprint density at radius 3 is 2.58 bits per heavy atom. The quantitative estimate of drug-likeness (QED) is 0.675. The molecule has 1 aliphatic heterocycles. The molecular weight excluding hydrogens is 415 g/mol. The van der Waals surface area contributed by atoms with Crippen molar-refractivity contribution in [3.05, 3.63) is 54.1 Å². The van der Waals surface area contributed by atoms with Gasteiger partial charge in [0.05, 0.1) is 35.9 Å². The largest absolute Gasteiger partial charge is 0.420 e. The fourth-order valence-corrected chi connectivity index (χ4v) is 3.64. The fraction of sp³-hybridized carbons (Fsp3) is 0.421. The van der Waals surface area contributed by atoms with Crippen molar-refractivity contribution in [3.63, 3.8) is 0 Å². The molecule has 1 amide bonds. The van der Waals surface area contributed by atoms with Crippen LogP contribution in [0.25, 0.3) is 5.69 Å². The van der Waals surface area contributed by atoms with E-state index in [4.69, 9.17) is 0 Å². The molecule has 1 aromatic carbocycles. The molecule has 3 heterocycles. The van der Waals surface area contributed by atoms with Gasteiger partial charge < -0.3 is 10.0 Å². The number of likely N-dealkylation sites (tertiary alicyclic amines) is 1. The molecule has 1 unspecified atom stereocenters. The van der Waals surface area contributed by atoms with E-state index >= 15 is 0 Å². The topological polar surface area (TPSA) is 102 Å². The molecule has 1 fully saturated rings. The maximum absolute atomic E-state index is 13.4. The Hall–Kier alpha value is -3.28. The van der Waals surface area contributed by atoms with E-state index in [2.05, 4.69) is 20.4 Å². The monoisotopic (exact) mass is 435 g/mol. The number of aliphatic hydroxyl groups excluding tert-OH is 1. The summed E-state index contributed by atoms with van der Waals surface area (Å²) in [6.07, 6.45) is -2.39. The standard InChI is InChI=1S/C19H20F3N7O2/c1-12-6-7-13(28-25-10-15(26-28)17(30)19(20,21)22)11-27(12)18(31)14-4-2-3-5-16(14)29-23-8-9-24-29/h2-5,8-10,12-13,17,30H,6-7,11H2,1H3/t12-,13-,17?/m1/s1. The highest BCUT2D eigenvalue weighted by atomic mass is 19.4. The van der Waals surface area contributed by atoms with Crippen LogP contribution in [0.3, 0.4) is 0 Å². The number of aliphatic hydroxyl groups is 1. The number of nitrogens with zero attached hydrogens (tertiary/aromatic N) is 7. The summed E-state index contributed by atoms with van der Waals surface area (Å²) in [4.78, 5) is 17.5. The van der Waals surface area contributed by atoms with Crippen molar-refractivity contribution in [2.24, 2.45) is 0 Å². The highest BCUT2D eigenvalue weighted by Gasteiger charge is 2.42. The van der Waals surface area contributed by atoms with E-state index in [-0.39, 0.29) is 18.5 Å². The van der Waals surface area contributed by atoms with Crippen molar-refractivity contribution < 1.29 is 23.1 Å². The van der Waals surface area contributed by atoms with Crippen molar-refractivity contribution in [1.29, 1.82) is 0 Å². The van der Waals surface area contributed by atoms with Gasteiger partial charge in [0.25, 0.3) is 5.91 Å². The third kappa shape index (κ3) is 4.15. The van der Waals surface area contributed by atoms with Crippen molar-refractivity contribution in [2.75, 3.05) is 6.54 Å². The van der Waals surface area contributed by atoms with E-state index in [0.29, 0.717) is 24.1 Å². The van der Waals surface area contributed by atoms with Crippen LogP contribution in [0, 0.1) is 0 Å². The van der Waals surface area contributed by atoms with Gasteiger partial charge in [-0.3, -0.25) is 4.79 Å². The molecule has 12 heteroatoms. The Morgan fingerprint density at radius 2 is 1.87 bits per heavy atom. The molecule has 0 saturated carbocycles. The van der Waals surface area contributed by atoms with Crippen LogP contribution in [0.1, 0.15) is 48.0 Å². The maximum Gasteiger partial charge on any atom is 0.420 e. The predicted molar refractivity (Wildman–Crippen MR) is 101 cm³/mol. The molecule has 9 nitrogen and oxygen atoms in total. The van der Waals surface area contributed by atoms with Crippen LogP contribution in [-0.2, 0) is 0 Å².